The quantitative estimate of drug-likeness (QED) is 0.762. The topological polar surface area (TPSA) is 105 Å². The Labute approximate surface area is 116 Å². The summed E-state index contributed by atoms with van der Waals surface area (Å²) in [5, 5.41) is 12.6. The third-order valence-electron chi connectivity index (χ3n) is 4.56. The average molecular weight is 275 g/mol. The van der Waals surface area contributed by atoms with E-state index in [1.54, 1.807) is 12.1 Å². The average Bonchev–Trinajstić information content (AvgIpc) is 2.99. The van der Waals surface area contributed by atoms with E-state index in [-0.39, 0.29) is 17.9 Å². The predicted octanol–water partition coefficient (Wildman–Crippen LogP) is 1.09. The van der Waals surface area contributed by atoms with Crippen LogP contribution in [0.25, 0.3) is 0 Å². The minimum absolute atomic E-state index is 0.109. The summed E-state index contributed by atoms with van der Waals surface area (Å²) in [6.45, 7) is 0. The number of carbonyl (C=O) groups is 2. The zero-order valence-electron chi connectivity index (χ0n) is 11.0. The summed E-state index contributed by atoms with van der Waals surface area (Å²) in [5.41, 5.74) is 5.61. The second kappa shape index (κ2) is 4.77. The van der Waals surface area contributed by atoms with Crippen molar-refractivity contribution in [3.05, 3.63) is 23.9 Å². The van der Waals surface area contributed by atoms with Gasteiger partial charge in [-0.3, -0.25) is 9.59 Å². The Morgan fingerprint density at radius 3 is 2.80 bits per heavy atom. The van der Waals surface area contributed by atoms with Gasteiger partial charge < -0.3 is 16.2 Å². The first-order chi connectivity index (χ1) is 9.56. The van der Waals surface area contributed by atoms with Gasteiger partial charge in [-0.05, 0) is 43.2 Å². The standard InChI is InChI=1S/C14H17N3O3/c15-13(18)9-3-4-16-10(6-9)17-12-8-2-1-7(5-8)11(12)14(19)20/h3-4,6-8,11-12H,1-2,5H2,(H2,15,18)(H,16,17)(H,19,20). The molecule has 106 valence electrons. The van der Waals surface area contributed by atoms with Gasteiger partial charge in [-0.1, -0.05) is 0 Å². The minimum atomic E-state index is -0.749. The van der Waals surface area contributed by atoms with E-state index in [4.69, 9.17) is 5.73 Å². The molecule has 0 spiro atoms. The Bertz CT molecular complexity index is 560. The van der Waals surface area contributed by atoms with Gasteiger partial charge in [0.2, 0.25) is 5.91 Å². The van der Waals surface area contributed by atoms with Crippen molar-refractivity contribution in [2.24, 2.45) is 23.5 Å². The van der Waals surface area contributed by atoms with Crippen LogP contribution in [0.3, 0.4) is 0 Å². The van der Waals surface area contributed by atoms with Gasteiger partial charge in [0.05, 0.1) is 5.92 Å². The zero-order valence-corrected chi connectivity index (χ0v) is 11.0. The first-order valence-electron chi connectivity index (χ1n) is 6.81. The number of aromatic nitrogens is 1. The third-order valence-corrected chi connectivity index (χ3v) is 4.56. The molecule has 1 heterocycles. The lowest BCUT2D eigenvalue weighted by Gasteiger charge is -2.29. The fourth-order valence-electron chi connectivity index (χ4n) is 3.69. The summed E-state index contributed by atoms with van der Waals surface area (Å²) in [4.78, 5) is 26.7. The smallest absolute Gasteiger partial charge is 0.308 e. The van der Waals surface area contributed by atoms with Gasteiger partial charge in [0.1, 0.15) is 5.82 Å². The van der Waals surface area contributed by atoms with Crippen molar-refractivity contribution >= 4 is 17.7 Å². The number of amides is 1. The van der Waals surface area contributed by atoms with Crippen LogP contribution in [0.4, 0.5) is 5.82 Å². The molecule has 2 aliphatic rings. The fraction of sp³-hybridized carbons (Fsp3) is 0.500. The molecule has 1 aromatic heterocycles. The van der Waals surface area contributed by atoms with Crippen LogP contribution in [-0.2, 0) is 4.79 Å². The van der Waals surface area contributed by atoms with Crippen LogP contribution in [0.15, 0.2) is 18.3 Å². The van der Waals surface area contributed by atoms with Crippen molar-refractivity contribution in [1.29, 1.82) is 0 Å². The molecule has 0 radical (unpaired) electrons. The molecule has 4 N–H and O–H groups in total. The number of nitrogens with two attached hydrogens (primary N) is 1. The van der Waals surface area contributed by atoms with Crippen molar-refractivity contribution < 1.29 is 14.7 Å². The van der Waals surface area contributed by atoms with Gasteiger partial charge in [0, 0.05) is 17.8 Å². The highest BCUT2D eigenvalue weighted by molar-refractivity contribution is 5.93. The van der Waals surface area contributed by atoms with Gasteiger partial charge in [0.25, 0.3) is 0 Å². The lowest BCUT2D eigenvalue weighted by Crippen LogP contribution is -2.39. The molecule has 4 atom stereocenters. The fourth-order valence-corrected chi connectivity index (χ4v) is 3.69. The number of nitrogens with zero attached hydrogens (tertiary/aromatic N) is 1. The van der Waals surface area contributed by atoms with Gasteiger partial charge >= 0.3 is 5.97 Å². The van der Waals surface area contributed by atoms with E-state index in [0.717, 1.165) is 19.3 Å². The summed E-state index contributed by atoms with van der Waals surface area (Å²) in [6.07, 6.45) is 4.52. The zero-order chi connectivity index (χ0) is 14.3. The molecular formula is C14H17N3O3. The molecule has 0 saturated heterocycles. The Balaban J connectivity index is 1.81. The summed E-state index contributed by atoms with van der Waals surface area (Å²) >= 11 is 0. The molecule has 3 rings (SSSR count). The lowest BCUT2D eigenvalue weighted by atomic mass is 9.84. The van der Waals surface area contributed by atoms with Crippen LogP contribution in [0.2, 0.25) is 0 Å². The van der Waals surface area contributed by atoms with Gasteiger partial charge in [-0.15, -0.1) is 0 Å². The normalized spacial score (nSPS) is 31.2. The Morgan fingerprint density at radius 2 is 2.10 bits per heavy atom. The van der Waals surface area contributed by atoms with E-state index < -0.39 is 11.9 Å². The van der Waals surface area contributed by atoms with E-state index >= 15 is 0 Å². The number of carboxylic acid groups (broad SMARTS) is 1. The number of nitrogens with one attached hydrogen (secondary N) is 1. The molecule has 2 bridgehead atoms. The number of hydrogen-bond donors (Lipinski definition) is 3. The van der Waals surface area contributed by atoms with Crippen molar-refractivity contribution in [2.45, 2.75) is 25.3 Å². The summed E-state index contributed by atoms with van der Waals surface area (Å²) < 4.78 is 0. The summed E-state index contributed by atoms with van der Waals surface area (Å²) in [7, 11) is 0. The Hall–Kier alpha value is -2.11. The van der Waals surface area contributed by atoms with Crippen LogP contribution in [0.5, 0.6) is 0 Å². The molecular weight excluding hydrogens is 258 g/mol. The van der Waals surface area contributed by atoms with E-state index in [9.17, 15) is 14.7 Å². The second-order valence-corrected chi connectivity index (χ2v) is 5.66. The highest BCUT2D eigenvalue weighted by Gasteiger charge is 2.51. The van der Waals surface area contributed by atoms with Crippen molar-refractivity contribution in [3.63, 3.8) is 0 Å². The maximum atomic E-state index is 11.4. The molecule has 2 saturated carbocycles. The van der Waals surface area contributed by atoms with Gasteiger partial charge in [0.15, 0.2) is 0 Å². The number of primary amides is 1. The first kappa shape index (κ1) is 12.9. The Morgan fingerprint density at radius 1 is 1.35 bits per heavy atom. The van der Waals surface area contributed by atoms with E-state index in [1.165, 1.54) is 6.20 Å². The number of carboxylic acids is 1. The van der Waals surface area contributed by atoms with Crippen LogP contribution in [-0.4, -0.2) is 28.0 Å². The number of fused-ring (bicyclic) bond motifs is 2. The highest BCUT2D eigenvalue weighted by atomic mass is 16.4. The molecule has 0 aliphatic heterocycles. The third kappa shape index (κ3) is 2.11. The van der Waals surface area contributed by atoms with Crippen LogP contribution in [0.1, 0.15) is 29.6 Å². The van der Waals surface area contributed by atoms with Crippen molar-refractivity contribution in [1.82, 2.24) is 4.98 Å². The lowest BCUT2D eigenvalue weighted by molar-refractivity contribution is -0.143. The van der Waals surface area contributed by atoms with Crippen LogP contribution < -0.4 is 11.1 Å². The predicted molar refractivity (Wildman–Crippen MR) is 72.1 cm³/mol. The summed E-state index contributed by atoms with van der Waals surface area (Å²) in [5.74, 6) is -0.480. The Kier molecular flexibility index (Phi) is 3.08. The number of carbonyl (C=O) groups excluding carboxylic acids is 1. The monoisotopic (exact) mass is 275 g/mol. The first-order valence-corrected chi connectivity index (χ1v) is 6.81. The molecule has 6 heteroatoms. The molecule has 2 fully saturated rings. The van der Waals surface area contributed by atoms with E-state index in [0.29, 0.717) is 17.3 Å². The van der Waals surface area contributed by atoms with Crippen LogP contribution >= 0.6 is 0 Å². The maximum Gasteiger partial charge on any atom is 0.308 e. The van der Waals surface area contributed by atoms with E-state index in [2.05, 4.69) is 10.3 Å². The largest absolute Gasteiger partial charge is 0.481 e. The van der Waals surface area contributed by atoms with Gasteiger partial charge in [-0.25, -0.2) is 4.98 Å². The maximum absolute atomic E-state index is 11.4. The second-order valence-electron chi connectivity index (χ2n) is 5.66. The molecule has 6 nitrogen and oxygen atoms in total. The van der Waals surface area contributed by atoms with Gasteiger partial charge in [-0.2, -0.15) is 0 Å². The van der Waals surface area contributed by atoms with E-state index in [1.807, 2.05) is 0 Å². The number of pyridine rings is 1. The summed E-state index contributed by atoms with van der Waals surface area (Å²) in [6, 6.07) is 3.01. The number of rotatable bonds is 4. The molecule has 1 amide bonds. The highest BCUT2D eigenvalue weighted by Crippen LogP contribution is 2.49. The number of hydrogen-bond acceptors (Lipinski definition) is 4. The molecule has 20 heavy (non-hydrogen) atoms. The SMILES string of the molecule is NC(=O)c1ccnc(NC2C3CCC(C3)C2C(=O)O)c1. The molecule has 4 unspecified atom stereocenters. The van der Waals surface area contributed by atoms with Crippen molar-refractivity contribution in [2.75, 3.05) is 5.32 Å². The minimum Gasteiger partial charge on any atom is -0.481 e. The number of aliphatic carboxylic acids is 1. The van der Waals surface area contributed by atoms with Crippen LogP contribution in [0, 0.1) is 17.8 Å². The molecule has 1 aromatic rings. The molecule has 0 aromatic carbocycles. The molecule has 2 aliphatic carbocycles. The number of anilines is 1. The van der Waals surface area contributed by atoms with Crippen molar-refractivity contribution in [3.8, 4) is 0 Å².